The Kier molecular flexibility index (Phi) is 3.93. The molecule has 90 valence electrons. The normalized spacial score (nSPS) is 22.3. The lowest BCUT2D eigenvalue weighted by atomic mass is 9.96. The van der Waals surface area contributed by atoms with Crippen LogP contribution in [0.1, 0.15) is 45.0 Å². The molecule has 1 atom stereocenters. The van der Waals surface area contributed by atoms with E-state index in [0.29, 0.717) is 6.04 Å². The number of hydrogen-bond donors (Lipinski definition) is 1. The second-order valence-electron chi connectivity index (χ2n) is 4.97. The minimum atomic E-state index is 0.418. The first-order valence-corrected chi connectivity index (χ1v) is 6.36. The average Bonchev–Trinajstić information content (AvgIpc) is 2.55. The number of nitrogens with one attached hydrogen (secondary N) is 1. The van der Waals surface area contributed by atoms with Gasteiger partial charge in [-0.3, -0.25) is 0 Å². The van der Waals surface area contributed by atoms with Crippen molar-refractivity contribution >= 4 is 0 Å². The molecular weight excluding hydrogens is 200 g/mol. The van der Waals surface area contributed by atoms with Gasteiger partial charge in [0.1, 0.15) is 12.2 Å². The largest absolute Gasteiger partial charge is 0.317 e. The van der Waals surface area contributed by atoms with Gasteiger partial charge >= 0.3 is 0 Å². The van der Waals surface area contributed by atoms with Crippen molar-refractivity contribution in [3.8, 4) is 0 Å². The summed E-state index contributed by atoms with van der Waals surface area (Å²) < 4.78 is 2.05. The van der Waals surface area contributed by atoms with Gasteiger partial charge in [-0.15, -0.1) is 0 Å². The zero-order chi connectivity index (χ0) is 11.4. The van der Waals surface area contributed by atoms with Crippen molar-refractivity contribution < 1.29 is 0 Å². The number of nitrogens with zero attached hydrogens (tertiary/aromatic N) is 3. The maximum Gasteiger partial charge on any atom is 0.138 e. The molecule has 2 rings (SSSR count). The van der Waals surface area contributed by atoms with Crippen LogP contribution < -0.4 is 5.32 Å². The van der Waals surface area contributed by atoms with E-state index in [2.05, 4.69) is 33.9 Å². The van der Waals surface area contributed by atoms with E-state index in [1.807, 2.05) is 0 Å². The molecule has 0 bridgehead atoms. The molecular formula is C12H22N4. The van der Waals surface area contributed by atoms with Crippen LogP contribution in [0, 0.1) is 5.92 Å². The predicted molar refractivity (Wildman–Crippen MR) is 64.3 cm³/mol. The Labute approximate surface area is 97.5 Å². The molecule has 0 radical (unpaired) electrons. The van der Waals surface area contributed by atoms with Crippen LogP contribution in [0.2, 0.25) is 0 Å². The molecule has 1 unspecified atom stereocenters. The van der Waals surface area contributed by atoms with Crippen molar-refractivity contribution in [2.75, 3.05) is 13.1 Å². The van der Waals surface area contributed by atoms with E-state index in [9.17, 15) is 0 Å². The molecule has 16 heavy (non-hydrogen) atoms. The van der Waals surface area contributed by atoms with Gasteiger partial charge in [-0.2, -0.15) is 5.10 Å². The highest BCUT2D eigenvalue weighted by Crippen LogP contribution is 2.19. The van der Waals surface area contributed by atoms with Crippen LogP contribution in [-0.2, 0) is 6.42 Å². The molecule has 1 saturated heterocycles. The summed E-state index contributed by atoms with van der Waals surface area (Å²) in [5, 5.41) is 7.75. The first kappa shape index (κ1) is 11.6. The fraction of sp³-hybridized carbons (Fsp3) is 0.833. The SMILES string of the molecule is CC(C)n1ncnc1CC1CCCNCC1. The summed E-state index contributed by atoms with van der Waals surface area (Å²) in [6, 6.07) is 0.418. The quantitative estimate of drug-likeness (QED) is 0.848. The Morgan fingerprint density at radius 3 is 3.12 bits per heavy atom. The van der Waals surface area contributed by atoms with E-state index in [1.54, 1.807) is 6.33 Å². The van der Waals surface area contributed by atoms with E-state index in [1.165, 1.54) is 25.8 Å². The number of rotatable bonds is 3. The molecule has 0 aromatic carbocycles. The van der Waals surface area contributed by atoms with Gasteiger partial charge < -0.3 is 5.32 Å². The molecule has 1 aromatic rings. The van der Waals surface area contributed by atoms with Crippen molar-refractivity contribution in [3.05, 3.63) is 12.2 Å². The summed E-state index contributed by atoms with van der Waals surface area (Å²) in [5.74, 6) is 1.93. The van der Waals surface area contributed by atoms with Gasteiger partial charge in [0.2, 0.25) is 0 Å². The van der Waals surface area contributed by atoms with Gasteiger partial charge in [-0.1, -0.05) is 0 Å². The predicted octanol–water partition coefficient (Wildman–Crippen LogP) is 1.79. The Hall–Kier alpha value is -0.900. The zero-order valence-corrected chi connectivity index (χ0v) is 10.3. The number of aromatic nitrogens is 3. The van der Waals surface area contributed by atoms with E-state index in [0.717, 1.165) is 24.7 Å². The molecule has 0 saturated carbocycles. The van der Waals surface area contributed by atoms with Crippen LogP contribution >= 0.6 is 0 Å². The van der Waals surface area contributed by atoms with Crippen LogP contribution in [0.25, 0.3) is 0 Å². The van der Waals surface area contributed by atoms with E-state index < -0.39 is 0 Å². The van der Waals surface area contributed by atoms with Gasteiger partial charge in [-0.25, -0.2) is 9.67 Å². The van der Waals surface area contributed by atoms with Crippen LogP contribution in [0.15, 0.2) is 6.33 Å². The summed E-state index contributed by atoms with van der Waals surface area (Å²) in [6.45, 7) is 6.65. The Bertz CT molecular complexity index is 311. The van der Waals surface area contributed by atoms with E-state index in [-0.39, 0.29) is 0 Å². The summed E-state index contributed by atoms with van der Waals surface area (Å²) >= 11 is 0. The van der Waals surface area contributed by atoms with Crippen molar-refractivity contribution in [1.82, 2.24) is 20.1 Å². The van der Waals surface area contributed by atoms with Gasteiger partial charge in [0, 0.05) is 12.5 Å². The molecule has 2 heterocycles. The molecule has 0 amide bonds. The molecule has 1 fully saturated rings. The maximum atomic E-state index is 4.39. The second-order valence-corrected chi connectivity index (χ2v) is 4.97. The summed E-state index contributed by atoms with van der Waals surface area (Å²) in [6.07, 6.45) is 6.65. The third-order valence-electron chi connectivity index (χ3n) is 3.30. The van der Waals surface area contributed by atoms with Crippen LogP contribution in [0.4, 0.5) is 0 Å². The lowest BCUT2D eigenvalue weighted by molar-refractivity contribution is 0.426. The lowest BCUT2D eigenvalue weighted by Gasteiger charge is -2.15. The smallest absolute Gasteiger partial charge is 0.138 e. The Balaban J connectivity index is 1.99. The molecule has 1 aromatic heterocycles. The minimum absolute atomic E-state index is 0.418. The maximum absolute atomic E-state index is 4.39. The highest BCUT2D eigenvalue weighted by Gasteiger charge is 2.16. The summed E-state index contributed by atoms with van der Waals surface area (Å²) in [7, 11) is 0. The summed E-state index contributed by atoms with van der Waals surface area (Å²) in [5.41, 5.74) is 0. The van der Waals surface area contributed by atoms with E-state index >= 15 is 0 Å². The lowest BCUT2D eigenvalue weighted by Crippen LogP contribution is -2.16. The van der Waals surface area contributed by atoms with Crippen molar-refractivity contribution in [3.63, 3.8) is 0 Å². The summed E-state index contributed by atoms with van der Waals surface area (Å²) in [4.78, 5) is 4.39. The van der Waals surface area contributed by atoms with Crippen molar-refractivity contribution in [2.45, 2.75) is 45.6 Å². The first-order chi connectivity index (χ1) is 7.77. The fourth-order valence-corrected chi connectivity index (χ4v) is 2.41. The van der Waals surface area contributed by atoms with Gasteiger partial charge in [0.05, 0.1) is 0 Å². The Morgan fingerprint density at radius 1 is 1.44 bits per heavy atom. The van der Waals surface area contributed by atoms with Gasteiger partial charge in [-0.05, 0) is 52.1 Å². The van der Waals surface area contributed by atoms with E-state index in [4.69, 9.17) is 0 Å². The standard InChI is InChI=1S/C12H22N4/c1-10(2)16-12(14-9-15-16)8-11-4-3-6-13-7-5-11/h9-11,13H,3-8H2,1-2H3. The highest BCUT2D eigenvalue weighted by atomic mass is 15.3. The van der Waals surface area contributed by atoms with Crippen LogP contribution in [0.5, 0.6) is 0 Å². The number of hydrogen-bond acceptors (Lipinski definition) is 3. The molecule has 1 N–H and O–H groups in total. The van der Waals surface area contributed by atoms with Crippen LogP contribution in [0.3, 0.4) is 0 Å². The molecule has 4 nitrogen and oxygen atoms in total. The molecule has 0 aliphatic carbocycles. The monoisotopic (exact) mass is 222 g/mol. The fourth-order valence-electron chi connectivity index (χ4n) is 2.41. The molecule has 4 heteroatoms. The second kappa shape index (κ2) is 5.43. The van der Waals surface area contributed by atoms with Gasteiger partial charge in [0.25, 0.3) is 0 Å². The average molecular weight is 222 g/mol. The first-order valence-electron chi connectivity index (χ1n) is 6.36. The molecule has 1 aliphatic heterocycles. The van der Waals surface area contributed by atoms with Gasteiger partial charge in [0.15, 0.2) is 0 Å². The molecule has 1 aliphatic rings. The van der Waals surface area contributed by atoms with Crippen LogP contribution in [-0.4, -0.2) is 27.9 Å². The zero-order valence-electron chi connectivity index (χ0n) is 10.3. The van der Waals surface area contributed by atoms with Crippen molar-refractivity contribution in [1.29, 1.82) is 0 Å². The van der Waals surface area contributed by atoms with Crippen molar-refractivity contribution in [2.24, 2.45) is 5.92 Å². The Morgan fingerprint density at radius 2 is 2.31 bits per heavy atom. The highest BCUT2D eigenvalue weighted by molar-refractivity contribution is 4.89. The third kappa shape index (κ3) is 2.82. The molecule has 0 spiro atoms. The minimum Gasteiger partial charge on any atom is -0.317 e. The third-order valence-corrected chi connectivity index (χ3v) is 3.30. The topological polar surface area (TPSA) is 42.7 Å².